The van der Waals surface area contributed by atoms with E-state index in [0.29, 0.717) is 77.2 Å². The fraction of sp³-hybridized carbons (Fsp3) is 0.509. The highest BCUT2D eigenvalue weighted by Gasteiger charge is 2.21. The molecule has 388 valence electrons. The number of aryl methyl sites for hydroxylation is 2. The number of nitrogens with zero attached hydrogens (tertiary/aromatic N) is 2. The predicted octanol–water partition coefficient (Wildman–Crippen LogP) is 9.06. The SMILES string of the molecule is CCCCNC(=N)NC(=O)CCc1ccc(-c2ccccc2)c(OCCCOC)c1.COCCCOc1cc(CCC(=O)NC(=N)NCCC(C)C)ccc1-c1ccc(CN2CCC(N(C)C)CC2)cc1. The topological polar surface area (TPSA) is 173 Å². The molecule has 14 nitrogen and oxygen atoms in total. The third kappa shape index (κ3) is 22.4. The monoisotopic (exact) mass is 977 g/mol. The van der Waals surface area contributed by atoms with Gasteiger partial charge in [0.15, 0.2) is 11.9 Å². The summed E-state index contributed by atoms with van der Waals surface area (Å²) in [4.78, 5) is 29.5. The zero-order valence-electron chi connectivity index (χ0n) is 43.8. The van der Waals surface area contributed by atoms with Crippen molar-refractivity contribution in [1.82, 2.24) is 31.1 Å². The van der Waals surface area contributed by atoms with Crippen LogP contribution in [0.2, 0.25) is 0 Å². The first-order valence-electron chi connectivity index (χ1n) is 25.7. The lowest BCUT2D eigenvalue weighted by Crippen LogP contribution is -2.41. The third-order valence-corrected chi connectivity index (χ3v) is 12.3. The zero-order chi connectivity index (χ0) is 51.2. The Morgan fingerprint density at radius 3 is 1.63 bits per heavy atom. The summed E-state index contributed by atoms with van der Waals surface area (Å²) in [7, 11) is 7.74. The van der Waals surface area contributed by atoms with Crippen LogP contribution < -0.4 is 30.7 Å². The minimum Gasteiger partial charge on any atom is -0.493 e. The van der Waals surface area contributed by atoms with Crippen LogP contribution in [0, 0.1) is 16.7 Å². The number of ether oxygens (including phenoxy) is 4. The van der Waals surface area contributed by atoms with Gasteiger partial charge in [0, 0.05) is 89.9 Å². The number of nitrogens with one attached hydrogen (secondary N) is 6. The Morgan fingerprint density at radius 1 is 0.662 bits per heavy atom. The summed E-state index contributed by atoms with van der Waals surface area (Å²) < 4.78 is 22.5. The molecule has 1 fully saturated rings. The Bertz CT molecular complexity index is 2180. The van der Waals surface area contributed by atoms with E-state index in [1.165, 1.54) is 18.4 Å². The Balaban J connectivity index is 0.000000324. The number of amides is 2. The molecule has 5 rings (SSSR count). The van der Waals surface area contributed by atoms with Gasteiger partial charge in [0.05, 0.1) is 13.2 Å². The van der Waals surface area contributed by atoms with Gasteiger partial charge in [-0.05, 0) is 112 Å². The smallest absolute Gasteiger partial charge is 0.226 e. The van der Waals surface area contributed by atoms with Crippen LogP contribution in [-0.4, -0.2) is 120 Å². The summed E-state index contributed by atoms with van der Waals surface area (Å²) in [6, 6.07) is 31.9. The molecule has 1 saturated heterocycles. The van der Waals surface area contributed by atoms with Crippen LogP contribution in [0.4, 0.5) is 0 Å². The first-order valence-corrected chi connectivity index (χ1v) is 25.7. The molecule has 14 heteroatoms. The van der Waals surface area contributed by atoms with Gasteiger partial charge in [-0.15, -0.1) is 0 Å². The number of piperidine rings is 1. The van der Waals surface area contributed by atoms with Crippen molar-refractivity contribution < 1.29 is 28.5 Å². The van der Waals surface area contributed by atoms with Crippen LogP contribution in [0.5, 0.6) is 11.5 Å². The van der Waals surface area contributed by atoms with Crippen molar-refractivity contribution in [2.24, 2.45) is 5.92 Å². The van der Waals surface area contributed by atoms with Gasteiger partial charge in [0.25, 0.3) is 0 Å². The molecule has 0 radical (unpaired) electrons. The molecule has 0 aromatic heterocycles. The number of guanidine groups is 2. The maximum absolute atomic E-state index is 12.4. The fourth-order valence-corrected chi connectivity index (χ4v) is 8.07. The fourth-order valence-electron chi connectivity index (χ4n) is 8.07. The summed E-state index contributed by atoms with van der Waals surface area (Å²) in [6.07, 6.45) is 8.80. The second-order valence-corrected chi connectivity index (χ2v) is 18.8. The number of hydrogen-bond donors (Lipinski definition) is 6. The van der Waals surface area contributed by atoms with Crippen molar-refractivity contribution in [3.05, 3.63) is 108 Å². The van der Waals surface area contributed by atoms with E-state index in [9.17, 15) is 9.59 Å². The Morgan fingerprint density at radius 2 is 1.15 bits per heavy atom. The second kappa shape index (κ2) is 33.0. The minimum atomic E-state index is -0.168. The minimum absolute atomic E-state index is 0.0645. The highest BCUT2D eigenvalue weighted by molar-refractivity contribution is 5.96. The van der Waals surface area contributed by atoms with Crippen molar-refractivity contribution in [2.45, 2.75) is 104 Å². The largest absolute Gasteiger partial charge is 0.493 e. The van der Waals surface area contributed by atoms with Gasteiger partial charge in [0.2, 0.25) is 11.8 Å². The van der Waals surface area contributed by atoms with E-state index in [2.05, 4.69) is 114 Å². The Hall–Kier alpha value is -5.80. The van der Waals surface area contributed by atoms with Crippen LogP contribution in [0.15, 0.2) is 91.0 Å². The molecule has 1 aliphatic heterocycles. The lowest BCUT2D eigenvalue weighted by atomic mass is 9.99. The van der Waals surface area contributed by atoms with Gasteiger partial charge >= 0.3 is 0 Å². The first kappa shape index (κ1) is 57.8. The number of rotatable bonds is 27. The van der Waals surface area contributed by atoms with E-state index in [4.69, 9.17) is 29.8 Å². The summed E-state index contributed by atoms with van der Waals surface area (Å²) >= 11 is 0. The molecule has 0 bridgehead atoms. The lowest BCUT2D eigenvalue weighted by Gasteiger charge is -2.35. The second-order valence-electron chi connectivity index (χ2n) is 18.8. The van der Waals surface area contributed by atoms with Gasteiger partial charge in [-0.3, -0.25) is 35.9 Å². The summed E-state index contributed by atoms with van der Waals surface area (Å²) in [6.45, 7) is 13.4. The summed E-state index contributed by atoms with van der Waals surface area (Å²) in [5, 5.41) is 26.8. The lowest BCUT2D eigenvalue weighted by molar-refractivity contribution is -0.120. The van der Waals surface area contributed by atoms with E-state index >= 15 is 0 Å². The standard InChI is InChI=1S/C33H51N5O3.C24H33N3O3/c1-25(2)15-18-35-33(34)36-32(39)14-10-26-9-13-30(31(23-26)41-22-6-21-40-5)28-11-7-27(8-12-28)24-38-19-16-29(17-20-38)37(3)4;1-3-4-15-26-24(25)27-23(28)14-12-19-11-13-21(20-9-6-5-7-10-20)22(18-19)30-17-8-16-29-2/h7-9,11-13,23,25,29H,6,10,14-22,24H2,1-5H3,(H3,34,35,36,39);5-7,9-11,13,18H,3-4,8,12,14-17H2,1-2H3,(H3,25,26,27,28). The van der Waals surface area contributed by atoms with Crippen molar-refractivity contribution in [2.75, 3.05) is 80.9 Å². The molecule has 1 aliphatic rings. The molecule has 4 aromatic rings. The van der Waals surface area contributed by atoms with E-state index in [-0.39, 0.29) is 23.7 Å². The van der Waals surface area contributed by atoms with Gasteiger partial charge < -0.3 is 34.5 Å². The van der Waals surface area contributed by atoms with E-state index in [1.807, 2.05) is 42.5 Å². The number of hydrogen-bond acceptors (Lipinski definition) is 10. The number of benzene rings is 4. The number of unbranched alkanes of at least 4 members (excludes halogenated alkanes) is 1. The van der Waals surface area contributed by atoms with Crippen LogP contribution >= 0.6 is 0 Å². The van der Waals surface area contributed by atoms with E-state index < -0.39 is 0 Å². The maximum atomic E-state index is 12.4. The van der Waals surface area contributed by atoms with Gasteiger partial charge in [-0.2, -0.15) is 0 Å². The Kier molecular flexibility index (Phi) is 26.8. The number of likely N-dealkylation sites (tertiary alicyclic amines) is 1. The molecule has 71 heavy (non-hydrogen) atoms. The summed E-state index contributed by atoms with van der Waals surface area (Å²) in [5.74, 6) is 1.97. The molecule has 4 aromatic carbocycles. The third-order valence-electron chi connectivity index (χ3n) is 12.3. The van der Waals surface area contributed by atoms with Gasteiger partial charge in [0.1, 0.15) is 11.5 Å². The van der Waals surface area contributed by atoms with Crippen molar-refractivity contribution in [3.63, 3.8) is 0 Å². The quantitative estimate of drug-likeness (QED) is 0.0192. The predicted molar refractivity (Wildman–Crippen MR) is 288 cm³/mol. The number of carbonyl (C=O) groups is 2. The summed E-state index contributed by atoms with van der Waals surface area (Å²) in [5.41, 5.74) is 7.67. The van der Waals surface area contributed by atoms with E-state index in [0.717, 1.165) is 96.6 Å². The van der Waals surface area contributed by atoms with Crippen molar-refractivity contribution in [3.8, 4) is 33.8 Å². The average Bonchev–Trinajstić information content (AvgIpc) is 3.36. The van der Waals surface area contributed by atoms with Gasteiger partial charge in [-0.25, -0.2) is 0 Å². The molecular weight excluding hydrogens is 893 g/mol. The molecule has 0 atom stereocenters. The highest BCUT2D eigenvalue weighted by atomic mass is 16.5. The number of carbonyl (C=O) groups excluding carboxylic acids is 2. The highest BCUT2D eigenvalue weighted by Crippen LogP contribution is 2.33. The van der Waals surface area contributed by atoms with Gasteiger partial charge in [-0.1, -0.05) is 106 Å². The molecule has 2 amide bonds. The Labute approximate surface area is 425 Å². The zero-order valence-corrected chi connectivity index (χ0v) is 43.8. The van der Waals surface area contributed by atoms with Crippen LogP contribution in [0.1, 0.15) is 95.2 Å². The number of methoxy groups -OCH3 is 2. The van der Waals surface area contributed by atoms with Crippen molar-refractivity contribution in [1.29, 1.82) is 10.8 Å². The maximum Gasteiger partial charge on any atom is 0.226 e. The molecule has 0 unspecified atom stereocenters. The average molecular weight is 977 g/mol. The van der Waals surface area contributed by atoms with E-state index in [1.54, 1.807) is 14.2 Å². The van der Waals surface area contributed by atoms with Crippen LogP contribution in [0.25, 0.3) is 22.3 Å². The molecule has 0 spiro atoms. The molecule has 1 heterocycles. The van der Waals surface area contributed by atoms with Crippen LogP contribution in [0.3, 0.4) is 0 Å². The van der Waals surface area contributed by atoms with Crippen molar-refractivity contribution >= 4 is 23.7 Å². The molecule has 0 aliphatic carbocycles. The van der Waals surface area contributed by atoms with Crippen LogP contribution in [-0.2, 0) is 38.4 Å². The molecule has 6 N–H and O–H groups in total. The first-order chi connectivity index (χ1) is 34.4. The molecular formula is C57H84N8O6. The molecule has 0 saturated carbocycles. The normalized spacial score (nSPS) is 12.7.